The fraction of sp³-hybridized carbons (Fsp3) is 0.714. The fourth-order valence-corrected chi connectivity index (χ4v) is 2.18. The molecule has 112 valence electrons. The van der Waals surface area contributed by atoms with Crippen LogP contribution in [0.5, 0.6) is 0 Å². The van der Waals surface area contributed by atoms with E-state index in [0.717, 1.165) is 17.4 Å². The van der Waals surface area contributed by atoms with E-state index < -0.39 is 0 Å². The molecule has 20 heavy (non-hydrogen) atoms. The van der Waals surface area contributed by atoms with Crippen molar-refractivity contribution in [3.63, 3.8) is 0 Å². The van der Waals surface area contributed by atoms with Crippen LogP contribution in [0.4, 0.5) is 11.5 Å². The average Bonchev–Trinajstić information content (AvgIpc) is 3.10. The van der Waals surface area contributed by atoms with Crippen LogP contribution in [0.3, 0.4) is 0 Å². The molecule has 3 N–H and O–H groups in total. The summed E-state index contributed by atoms with van der Waals surface area (Å²) >= 11 is 0. The first-order valence-corrected chi connectivity index (χ1v) is 7.08. The number of nitrogens with two attached hydrogens (primary N) is 1. The van der Waals surface area contributed by atoms with Gasteiger partial charge in [-0.25, -0.2) is 4.79 Å². The van der Waals surface area contributed by atoms with Crippen molar-refractivity contribution in [1.29, 1.82) is 0 Å². The second-order valence-corrected chi connectivity index (χ2v) is 6.58. The van der Waals surface area contributed by atoms with Crippen LogP contribution in [0.1, 0.15) is 33.6 Å². The molecule has 0 atom stereocenters. The monoisotopic (exact) mass is 280 g/mol. The molecule has 1 aliphatic carbocycles. The van der Waals surface area contributed by atoms with E-state index >= 15 is 0 Å². The Kier molecular flexibility index (Phi) is 3.67. The van der Waals surface area contributed by atoms with E-state index in [2.05, 4.69) is 12.2 Å². The Morgan fingerprint density at radius 1 is 1.35 bits per heavy atom. The van der Waals surface area contributed by atoms with E-state index in [1.807, 2.05) is 13.8 Å². The van der Waals surface area contributed by atoms with Crippen molar-refractivity contribution in [3.05, 3.63) is 20.8 Å². The van der Waals surface area contributed by atoms with E-state index in [9.17, 15) is 9.59 Å². The quantitative estimate of drug-likeness (QED) is 0.843. The van der Waals surface area contributed by atoms with Crippen molar-refractivity contribution in [2.75, 3.05) is 17.6 Å². The first-order valence-electron chi connectivity index (χ1n) is 7.08. The molecule has 0 unspecified atom stereocenters. The van der Waals surface area contributed by atoms with Gasteiger partial charge in [0.25, 0.3) is 5.56 Å². The highest BCUT2D eigenvalue weighted by molar-refractivity contribution is 5.60. The molecule has 0 radical (unpaired) electrons. The predicted molar refractivity (Wildman–Crippen MR) is 81.0 cm³/mol. The first kappa shape index (κ1) is 14.7. The second kappa shape index (κ2) is 5.00. The molecule has 1 aromatic rings. The molecule has 1 aromatic heterocycles. The van der Waals surface area contributed by atoms with E-state index in [4.69, 9.17) is 5.73 Å². The maximum atomic E-state index is 12.2. The van der Waals surface area contributed by atoms with Gasteiger partial charge in [0, 0.05) is 20.1 Å². The molecule has 0 spiro atoms. The van der Waals surface area contributed by atoms with Crippen LogP contribution >= 0.6 is 0 Å². The van der Waals surface area contributed by atoms with Crippen LogP contribution in [0.25, 0.3) is 0 Å². The molecule has 0 bridgehead atoms. The van der Waals surface area contributed by atoms with E-state index in [1.54, 1.807) is 0 Å². The summed E-state index contributed by atoms with van der Waals surface area (Å²) < 4.78 is 2.60. The molecule has 1 fully saturated rings. The van der Waals surface area contributed by atoms with Crippen LogP contribution in [-0.4, -0.2) is 15.7 Å². The third-order valence-corrected chi connectivity index (χ3v) is 3.93. The van der Waals surface area contributed by atoms with Crippen molar-refractivity contribution in [2.45, 2.75) is 40.2 Å². The summed E-state index contributed by atoms with van der Waals surface area (Å²) in [7, 11) is 1.49. The third-order valence-electron chi connectivity index (χ3n) is 3.93. The highest BCUT2D eigenvalue weighted by Gasteiger charge is 2.37. The van der Waals surface area contributed by atoms with Crippen molar-refractivity contribution in [1.82, 2.24) is 9.13 Å². The Bertz CT molecular complexity index is 623. The van der Waals surface area contributed by atoms with Gasteiger partial charge in [-0.15, -0.1) is 0 Å². The van der Waals surface area contributed by atoms with Crippen LogP contribution in [0.2, 0.25) is 0 Å². The lowest BCUT2D eigenvalue weighted by Crippen LogP contribution is -2.41. The number of hydrogen-bond donors (Lipinski definition) is 2. The van der Waals surface area contributed by atoms with Crippen LogP contribution in [0, 0.1) is 11.3 Å². The molecule has 2 rings (SSSR count). The summed E-state index contributed by atoms with van der Waals surface area (Å²) in [6.07, 6.45) is 2.32. The first-order chi connectivity index (χ1) is 9.25. The number of nitrogen functional groups attached to an aromatic ring is 1. The summed E-state index contributed by atoms with van der Waals surface area (Å²) in [6, 6.07) is 0. The number of nitrogens with one attached hydrogen (secondary N) is 1. The van der Waals surface area contributed by atoms with Gasteiger partial charge in [0.1, 0.15) is 11.5 Å². The molecule has 0 aromatic carbocycles. The van der Waals surface area contributed by atoms with Gasteiger partial charge >= 0.3 is 5.69 Å². The van der Waals surface area contributed by atoms with E-state index in [1.165, 1.54) is 11.6 Å². The Morgan fingerprint density at radius 2 is 1.95 bits per heavy atom. The highest BCUT2D eigenvalue weighted by Crippen LogP contribution is 2.44. The molecule has 1 saturated carbocycles. The molecule has 0 aliphatic heterocycles. The molecular formula is C14H24N4O2. The van der Waals surface area contributed by atoms with Crippen molar-refractivity contribution >= 4 is 11.5 Å². The van der Waals surface area contributed by atoms with Gasteiger partial charge in [0.05, 0.1) is 0 Å². The van der Waals surface area contributed by atoms with Gasteiger partial charge in [-0.2, -0.15) is 0 Å². The zero-order chi connectivity index (χ0) is 15.1. The topological polar surface area (TPSA) is 82.0 Å². The predicted octanol–water partition coefficient (Wildman–Crippen LogP) is 0.997. The number of hydrogen-bond acceptors (Lipinski definition) is 4. The second-order valence-electron chi connectivity index (χ2n) is 6.58. The number of aromatic nitrogens is 2. The molecule has 6 heteroatoms. The average molecular weight is 280 g/mol. The van der Waals surface area contributed by atoms with Crippen LogP contribution in [0.15, 0.2) is 9.59 Å². The number of anilines is 2. The Labute approximate surface area is 118 Å². The summed E-state index contributed by atoms with van der Waals surface area (Å²) in [6.45, 7) is 7.41. The standard InChI is InChI=1S/C14H24N4O2/c1-9(2)7-18-11(15)10(12(19)17(4)13(18)20)16-8-14(3)5-6-14/h9,16H,5-8,15H2,1-4H3. The molecule has 0 amide bonds. The van der Waals surface area contributed by atoms with Gasteiger partial charge < -0.3 is 11.1 Å². The van der Waals surface area contributed by atoms with Gasteiger partial charge in [0.2, 0.25) is 0 Å². The van der Waals surface area contributed by atoms with Crippen LogP contribution in [-0.2, 0) is 13.6 Å². The minimum Gasteiger partial charge on any atom is -0.383 e. The lowest BCUT2D eigenvalue weighted by molar-refractivity contribution is 0.493. The maximum absolute atomic E-state index is 12.2. The summed E-state index contributed by atoms with van der Waals surface area (Å²) in [5.74, 6) is 0.525. The molecule has 1 aliphatic rings. The fourth-order valence-electron chi connectivity index (χ4n) is 2.18. The number of rotatable bonds is 5. The Hall–Kier alpha value is -1.72. The third kappa shape index (κ3) is 2.73. The van der Waals surface area contributed by atoms with Crippen molar-refractivity contribution in [3.8, 4) is 0 Å². The molecule has 0 saturated heterocycles. The lowest BCUT2D eigenvalue weighted by Gasteiger charge is -2.18. The van der Waals surface area contributed by atoms with Gasteiger partial charge in [-0.05, 0) is 24.2 Å². The largest absolute Gasteiger partial charge is 0.383 e. The van der Waals surface area contributed by atoms with Gasteiger partial charge in [0.15, 0.2) is 0 Å². The van der Waals surface area contributed by atoms with E-state index in [-0.39, 0.29) is 28.4 Å². The van der Waals surface area contributed by atoms with Gasteiger partial charge in [-0.3, -0.25) is 13.9 Å². The highest BCUT2D eigenvalue weighted by atomic mass is 16.2. The normalized spacial score (nSPS) is 16.4. The minimum atomic E-state index is -0.357. The summed E-state index contributed by atoms with van der Waals surface area (Å²) in [4.78, 5) is 24.3. The maximum Gasteiger partial charge on any atom is 0.332 e. The number of nitrogens with zero attached hydrogens (tertiary/aromatic N) is 2. The lowest BCUT2D eigenvalue weighted by atomic mass is 10.1. The Balaban J connectivity index is 2.41. The zero-order valence-electron chi connectivity index (χ0n) is 12.7. The molecule has 6 nitrogen and oxygen atoms in total. The van der Waals surface area contributed by atoms with Gasteiger partial charge in [-0.1, -0.05) is 20.8 Å². The minimum absolute atomic E-state index is 0.246. The van der Waals surface area contributed by atoms with Crippen LogP contribution < -0.4 is 22.3 Å². The van der Waals surface area contributed by atoms with Crippen molar-refractivity contribution < 1.29 is 0 Å². The molecular weight excluding hydrogens is 256 g/mol. The van der Waals surface area contributed by atoms with E-state index in [0.29, 0.717) is 18.8 Å². The van der Waals surface area contributed by atoms with Crippen molar-refractivity contribution in [2.24, 2.45) is 18.4 Å². The summed E-state index contributed by atoms with van der Waals surface area (Å²) in [5.41, 5.74) is 5.94. The summed E-state index contributed by atoms with van der Waals surface area (Å²) in [5, 5.41) is 3.15. The SMILES string of the molecule is CC(C)Cn1c(N)c(NCC2(C)CC2)c(=O)n(C)c1=O. The molecule has 1 heterocycles. The smallest absolute Gasteiger partial charge is 0.332 e. The zero-order valence-corrected chi connectivity index (χ0v) is 12.7. The Morgan fingerprint density at radius 3 is 2.45 bits per heavy atom.